The standard InChI is InChI=1S/C12H17N5O2/c13-12-14-3-9-11(16-12)17(6-15-9)10-2-1-7(4-18)8(10)5-19/h3,6-8,10,18-19H,1-2,4-5H2,(H2,13,14,16). The van der Waals surface area contributed by atoms with E-state index in [-0.39, 0.29) is 37.0 Å². The number of anilines is 1. The monoisotopic (exact) mass is 263 g/mol. The first-order chi connectivity index (χ1) is 9.24. The molecule has 1 saturated carbocycles. The molecule has 3 unspecified atom stereocenters. The number of fused-ring (bicyclic) bond motifs is 1. The Hall–Kier alpha value is -1.73. The van der Waals surface area contributed by atoms with E-state index in [0.717, 1.165) is 12.8 Å². The predicted molar refractivity (Wildman–Crippen MR) is 69.2 cm³/mol. The number of aromatic nitrogens is 4. The van der Waals surface area contributed by atoms with E-state index in [9.17, 15) is 10.2 Å². The van der Waals surface area contributed by atoms with Crippen molar-refractivity contribution >= 4 is 17.1 Å². The lowest BCUT2D eigenvalue weighted by molar-refractivity contribution is 0.121. The molecule has 102 valence electrons. The summed E-state index contributed by atoms with van der Waals surface area (Å²) in [6.45, 7) is 0.154. The SMILES string of the molecule is Nc1ncc2ncn(C3CCC(CO)C3CO)c2n1. The van der Waals surface area contributed by atoms with Gasteiger partial charge in [-0.15, -0.1) is 0 Å². The number of hydrogen-bond donors (Lipinski definition) is 3. The highest BCUT2D eigenvalue weighted by Gasteiger charge is 2.37. The van der Waals surface area contributed by atoms with Gasteiger partial charge in [-0.2, -0.15) is 4.98 Å². The van der Waals surface area contributed by atoms with Crippen LogP contribution in [-0.2, 0) is 0 Å². The molecular weight excluding hydrogens is 246 g/mol. The van der Waals surface area contributed by atoms with Crippen LogP contribution in [0.15, 0.2) is 12.5 Å². The molecule has 3 atom stereocenters. The van der Waals surface area contributed by atoms with Crippen LogP contribution in [0, 0.1) is 11.8 Å². The van der Waals surface area contributed by atoms with E-state index in [2.05, 4.69) is 15.0 Å². The number of nitrogen functional groups attached to an aromatic ring is 1. The molecule has 0 spiro atoms. The molecule has 3 rings (SSSR count). The second-order valence-electron chi connectivity index (χ2n) is 5.02. The lowest BCUT2D eigenvalue weighted by Gasteiger charge is -2.22. The largest absolute Gasteiger partial charge is 0.396 e. The van der Waals surface area contributed by atoms with Crippen molar-refractivity contribution in [2.45, 2.75) is 18.9 Å². The number of imidazole rings is 1. The van der Waals surface area contributed by atoms with Crippen LogP contribution in [-0.4, -0.2) is 42.9 Å². The van der Waals surface area contributed by atoms with Gasteiger partial charge in [0.05, 0.1) is 12.5 Å². The summed E-state index contributed by atoms with van der Waals surface area (Å²) in [4.78, 5) is 12.4. The fourth-order valence-electron chi connectivity index (χ4n) is 3.05. The summed E-state index contributed by atoms with van der Waals surface area (Å²) in [6, 6.07) is 0.0986. The van der Waals surface area contributed by atoms with Crippen LogP contribution in [0.1, 0.15) is 18.9 Å². The summed E-state index contributed by atoms with van der Waals surface area (Å²) in [5.74, 6) is 0.372. The van der Waals surface area contributed by atoms with Gasteiger partial charge in [0, 0.05) is 25.2 Å². The first-order valence-electron chi connectivity index (χ1n) is 6.41. The summed E-state index contributed by atoms with van der Waals surface area (Å²) in [5.41, 5.74) is 7.00. The zero-order valence-corrected chi connectivity index (χ0v) is 10.5. The van der Waals surface area contributed by atoms with Crippen molar-refractivity contribution in [3.63, 3.8) is 0 Å². The van der Waals surface area contributed by atoms with Crippen LogP contribution in [0.25, 0.3) is 11.2 Å². The van der Waals surface area contributed by atoms with Crippen LogP contribution in [0.3, 0.4) is 0 Å². The summed E-state index contributed by atoms with van der Waals surface area (Å²) in [6.07, 6.45) is 5.10. The normalized spacial score (nSPS) is 27.2. The van der Waals surface area contributed by atoms with Crippen molar-refractivity contribution < 1.29 is 10.2 Å². The number of hydrogen-bond acceptors (Lipinski definition) is 6. The lowest BCUT2D eigenvalue weighted by Crippen LogP contribution is -2.24. The van der Waals surface area contributed by atoms with Crippen molar-refractivity contribution in [3.8, 4) is 0 Å². The third-order valence-electron chi connectivity index (χ3n) is 4.07. The first kappa shape index (κ1) is 12.3. The minimum absolute atomic E-state index is 0.0265. The highest BCUT2D eigenvalue weighted by atomic mass is 16.3. The second kappa shape index (κ2) is 4.75. The molecule has 1 aliphatic rings. The van der Waals surface area contributed by atoms with E-state index in [0.29, 0.717) is 11.2 Å². The maximum absolute atomic E-state index is 9.56. The van der Waals surface area contributed by atoms with Crippen LogP contribution in [0.5, 0.6) is 0 Å². The third kappa shape index (κ3) is 1.95. The quantitative estimate of drug-likeness (QED) is 0.716. The van der Waals surface area contributed by atoms with Gasteiger partial charge in [-0.25, -0.2) is 9.97 Å². The second-order valence-corrected chi connectivity index (χ2v) is 5.02. The summed E-state index contributed by atoms with van der Waals surface area (Å²) < 4.78 is 1.95. The Morgan fingerprint density at radius 2 is 2.11 bits per heavy atom. The zero-order valence-electron chi connectivity index (χ0n) is 10.5. The summed E-state index contributed by atoms with van der Waals surface area (Å²) in [5, 5.41) is 18.9. The molecule has 0 saturated heterocycles. The average Bonchev–Trinajstić information content (AvgIpc) is 3.00. The molecule has 4 N–H and O–H groups in total. The maximum atomic E-state index is 9.56. The number of nitrogens with zero attached hydrogens (tertiary/aromatic N) is 4. The summed E-state index contributed by atoms with van der Waals surface area (Å²) >= 11 is 0. The molecule has 1 aliphatic carbocycles. The number of aliphatic hydroxyl groups is 2. The summed E-state index contributed by atoms with van der Waals surface area (Å²) in [7, 11) is 0. The Labute approximate surface area is 110 Å². The Balaban J connectivity index is 2.02. The Morgan fingerprint density at radius 1 is 1.26 bits per heavy atom. The zero-order chi connectivity index (χ0) is 13.4. The molecule has 2 heterocycles. The van der Waals surface area contributed by atoms with Gasteiger partial charge in [-0.3, -0.25) is 0 Å². The van der Waals surface area contributed by atoms with Gasteiger partial charge in [-0.05, 0) is 18.8 Å². The molecular formula is C12H17N5O2. The van der Waals surface area contributed by atoms with Crippen molar-refractivity contribution in [2.24, 2.45) is 11.8 Å². The van der Waals surface area contributed by atoms with Crippen molar-refractivity contribution in [1.29, 1.82) is 0 Å². The van der Waals surface area contributed by atoms with Crippen LogP contribution >= 0.6 is 0 Å². The van der Waals surface area contributed by atoms with Crippen molar-refractivity contribution in [1.82, 2.24) is 19.5 Å². The molecule has 19 heavy (non-hydrogen) atoms. The fourth-order valence-corrected chi connectivity index (χ4v) is 3.05. The Kier molecular flexibility index (Phi) is 3.08. The Morgan fingerprint density at radius 3 is 2.84 bits per heavy atom. The van der Waals surface area contributed by atoms with Crippen LogP contribution in [0.4, 0.5) is 5.95 Å². The lowest BCUT2D eigenvalue weighted by atomic mass is 9.95. The average molecular weight is 263 g/mol. The third-order valence-corrected chi connectivity index (χ3v) is 4.07. The smallest absolute Gasteiger partial charge is 0.222 e. The van der Waals surface area contributed by atoms with E-state index in [1.165, 1.54) is 0 Å². The molecule has 0 amide bonds. The van der Waals surface area contributed by atoms with Gasteiger partial charge in [0.25, 0.3) is 0 Å². The van der Waals surface area contributed by atoms with E-state index in [1.54, 1.807) is 12.5 Å². The molecule has 7 heteroatoms. The highest BCUT2D eigenvalue weighted by Crippen LogP contribution is 2.40. The number of aliphatic hydroxyl groups excluding tert-OH is 2. The van der Waals surface area contributed by atoms with E-state index >= 15 is 0 Å². The van der Waals surface area contributed by atoms with Gasteiger partial charge in [0.15, 0.2) is 5.65 Å². The fraction of sp³-hybridized carbons (Fsp3) is 0.583. The van der Waals surface area contributed by atoms with Crippen LogP contribution in [0.2, 0.25) is 0 Å². The molecule has 0 radical (unpaired) electrons. The predicted octanol–water partition coefficient (Wildman–Crippen LogP) is -0.0396. The minimum atomic E-state index is 0.0265. The van der Waals surface area contributed by atoms with E-state index < -0.39 is 0 Å². The van der Waals surface area contributed by atoms with E-state index in [1.807, 2.05) is 4.57 Å². The maximum Gasteiger partial charge on any atom is 0.222 e. The van der Waals surface area contributed by atoms with Gasteiger partial charge in [0.1, 0.15) is 5.52 Å². The highest BCUT2D eigenvalue weighted by molar-refractivity contribution is 5.70. The van der Waals surface area contributed by atoms with Crippen molar-refractivity contribution in [3.05, 3.63) is 12.5 Å². The van der Waals surface area contributed by atoms with Gasteiger partial charge in [-0.1, -0.05) is 0 Å². The van der Waals surface area contributed by atoms with Crippen molar-refractivity contribution in [2.75, 3.05) is 18.9 Å². The van der Waals surface area contributed by atoms with Gasteiger partial charge in [0.2, 0.25) is 5.95 Å². The van der Waals surface area contributed by atoms with E-state index in [4.69, 9.17) is 5.73 Å². The van der Waals surface area contributed by atoms with Gasteiger partial charge < -0.3 is 20.5 Å². The van der Waals surface area contributed by atoms with Gasteiger partial charge >= 0.3 is 0 Å². The molecule has 2 aromatic rings. The topological polar surface area (TPSA) is 110 Å². The molecule has 0 aliphatic heterocycles. The minimum Gasteiger partial charge on any atom is -0.396 e. The molecule has 1 fully saturated rings. The first-order valence-corrected chi connectivity index (χ1v) is 6.41. The number of nitrogens with two attached hydrogens (primary N) is 1. The molecule has 2 aromatic heterocycles. The molecule has 0 aromatic carbocycles. The van der Waals surface area contributed by atoms with Crippen LogP contribution < -0.4 is 5.73 Å². The molecule has 7 nitrogen and oxygen atoms in total. The Bertz CT molecular complexity index is 585. The number of rotatable bonds is 3. The molecule has 0 bridgehead atoms.